The Morgan fingerprint density at radius 1 is 0.939 bits per heavy atom. The number of hydrogen-bond acceptors (Lipinski definition) is 4. The van der Waals surface area contributed by atoms with Crippen LogP contribution in [0.1, 0.15) is 36.4 Å². The molecule has 1 saturated carbocycles. The van der Waals surface area contributed by atoms with Crippen LogP contribution in [0.5, 0.6) is 0 Å². The van der Waals surface area contributed by atoms with Crippen molar-refractivity contribution >= 4 is 46.4 Å². The first-order valence-corrected chi connectivity index (χ1v) is 11.6. The van der Waals surface area contributed by atoms with Gasteiger partial charge in [-0.25, -0.2) is 0 Å². The molecular weight excluding hydrogens is 457 g/mol. The Morgan fingerprint density at radius 3 is 2.21 bits per heavy atom. The number of hydrazone groups is 1. The first-order chi connectivity index (χ1) is 16.0. The number of nitro benzene ring substituents is 1. The van der Waals surface area contributed by atoms with Gasteiger partial charge in [0.1, 0.15) is 0 Å². The van der Waals surface area contributed by atoms with Crippen LogP contribution in [0.15, 0.2) is 83.5 Å². The van der Waals surface area contributed by atoms with Gasteiger partial charge >= 0.3 is 0 Å². The van der Waals surface area contributed by atoms with Crippen molar-refractivity contribution in [2.75, 3.05) is 5.01 Å². The molecule has 2 aliphatic rings. The van der Waals surface area contributed by atoms with Crippen LogP contribution in [0, 0.1) is 16.0 Å². The second kappa shape index (κ2) is 9.00. The van der Waals surface area contributed by atoms with Crippen LogP contribution in [0.3, 0.4) is 0 Å². The lowest BCUT2D eigenvalue weighted by Gasteiger charge is -2.30. The maximum absolute atomic E-state index is 11.1. The van der Waals surface area contributed by atoms with E-state index in [0.29, 0.717) is 10.0 Å². The first-order valence-electron chi connectivity index (χ1n) is 10.8. The highest BCUT2D eigenvalue weighted by Gasteiger charge is 2.41. The highest BCUT2D eigenvalue weighted by atomic mass is 35.5. The van der Waals surface area contributed by atoms with Crippen LogP contribution in [0.25, 0.3) is 6.08 Å². The second-order valence-electron chi connectivity index (χ2n) is 8.32. The standard InChI is InChI=1S/C26H21Cl2N3O2/c27-20-8-4-17(5-9-20)16-19-2-1-3-24-25(19)29-30(22-12-14-23(15-13-22)31(32)33)26(24)18-6-10-21(28)11-7-18/h4-16,24,26H,1-3H2/b19-16-/t24-,26+/m1/s1. The Kier molecular flexibility index (Phi) is 5.92. The van der Waals surface area contributed by atoms with E-state index in [1.165, 1.54) is 17.7 Å². The predicted octanol–water partition coefficient (Wildman–Crippen LogP) is 7.70. The van der Waals surface area contributed by atoms with Crippen LogP contribution < -0.4 is 5.01 Å². The summed E-state index contributed by atoms with van der Waals surface area (Å²) >= 11 is 12.2. The number of fused-ring (bicyclic) bond motifs is 1. The van der Waals surface area contributed by atoms with Gasteiger partial charge in [0, 0.05) is 28.1 Å². The molecule has 5 nitrogen and oxygen atoms in total. The molecule has 0 radical (unpaired) electrons. The fourth-order valence-electron chi connectivity index (χ4n) is 4.70. The summed E-state index contributed by atoms with van der Waals surface area (Å²) in [6.07, 6.45) is 5.24. The summed E-state index contributed by atoms with van der Waals surface area (Å²) in [6.45, 7) is 0. The van der Waals surface area contributed by atoms with Gasteiger partial charge < -0.3 is 0 Å². The molecule has 5 rings (SSSR count). The Balaban J connectivity index is 1.58. The number of non-ortho nitro benzene ring substituents is 1. The SMILES string of the molecule is O=[N+]([O-])c1ccc(N2N=C3/C(=C\c4ccc(Cl)cc4)CCC[C@H]3[C@@H]2c2ccc(Cl)cc2)cc1. The topological polar surface area (TPSA) is 58.7 Å². The van der Waals surface area contributed by atoms with Crippen molar-refractivity contribution in [3.05, 3.63) is 110 Å². The van der Waals surface area contributed by atoms with Crippen molar-refractivity contribution in [2.24, 2.45) is 11.0 Å². The summed E-state index contributed by atoms with van der Waals surface area (Å²) in [5, 5.41) is 19.6. The Labute approximate surface area is 202 Å². The number of allylic oxidation sites excluding steroid dienone is 1. The minimum absolute atomic E-state index is 0.00681. The van der Waals surface area contributed by atoms with Crippen molar-refractivity contribution in [1.82, 2.24) is 0 Å². The molecule has 2 atom stereocenters. The van der Waals surface area contributed by atoms with Gasteiger partial charge in [0.05, 0.1) is 22.4 Å². The number of benzene rings is 3. The van der Waals surface area contributed by atoms with Crippen molar-refractivity contribution < 1.29 is 4.92 Å². The van der Waals surface area contributed by atoms with Gasteiger partial charge in [0.15, 0.2) is 0 Å². The van der Waals surface area contributed by atoms with Crippen LogP contribution in [-0.2, 0) is 0 Å². The summed E-state index contributed by atoms with van der Waals surface area (Å²) in [7, 11) is 0. The predicted molar refractivity (Wildman–Crippen MR) is 134 cm³/mol. The molecule has 3 aromatic rings. The number of nitro groups is 1. The molecule has 1 heterocycles. The number of hydrogen-bond donors (Lipinski definition) is 0. The molecule has 3 aromatic carbocycles. The average Bonchev–Trinajstić information content (AvgIpc) is 3.22. The number of anilines is 1. The highest BCUT2D eigenvalue weighted by Crippen LogP contribution is 2.46. The van der Waals surface area contributed by atoms with E-state index in [9.17, 15) is 10.1 Å². The number of nitrogens with zero attached hydrogens (tertiary/aromatic N) is 3. The molecule has 0 amide bonds. The quantitative estimate of drug-likeness (QED) is 0.285. The van der Waals surface area contributed by atoms with Crippen LogP contribution in [-0.4, -0.2) is 10.6 Å². The molecule has 1 aliphatic heterocycles. The summed E-state index contributed by atoms with van der Waals surface area (Å²) in [6, 6.07) is 22.3. The van der Waals surface area contributed by atoms with Gasteiger partial charge in [-0.15, -0.1) is 0 Å². The fraction of sp³-hybridized carbons (Fsp3) is 0.192. The lowest BCUT2D eigenvalue weighted by Crippen LogP contribution is -2.28. The van der Waals surface area contributed by atoms with Crippen molar-refractivity contribution in [1.29, 1.82) is 0 Å². The van der Waals surface area contributed by atoms with E-state index in [1.807, 2.05) is 53.5 Å². The number of rotatable bonds is 4. The lowest BCUT2D eigenvalue weighted by molar-refractivity contribution is -0.384. The van der Waals surface area contributed by atoms with Crippen molar-refractivity contribution in [3.8, 4) is 0 Å². The van der Waals surface area contributed by atoms with E-state index in [4.69, 9.17) is 28.3 Å². The monoisotopic (exact) mass is 477 g/mol. The lowest BCUT2D eigenvalue weighted by atomic mass is 9.77. The summed E-state index contributed by atoms with van der Waals surface area (Å²) in [5.41, 5.74) is 5.40. The van der Waals surface area contributed by atoms with E-state index >= 15 is 0 Å². The van der Waals surface area contributed by atoms with E-state index in [2.05, 4.69) is 6.08 Å². The van der Waals surface area contributed by atoms with Gasteiger partial charge in [-0.05, 0) is 78.4 Å². The molecule has 0 aromatic heterocycles. The normalized spacial score (nSPS) is 21.1. The summed E-state index contributed by atoms with van der Waals surface area (Å²) in [4.78, 5) is 10.7. The Morgan fingerprint density at radius 2 is 1.58 bits per heavy atom. The minimum atomic E-state index is -0.386. The third kappa shape index (κ3) is 4.39. The molecule has 0 spiro atoms. The third-order valence-corrected chi connectivity index (χ3v) is 6.75. The largest absolute Gasteiger partial charge is 0.269 e. The zero-order valence-corrected chi connectivity index (χ0v) is 19.2. The molecular formula is C26H21Cl2N3O2. The molecule has 0 N–H and O–H groups in total. The smallest absolute Gasteiger partial charge is 0.258 e. The minimum Gasteiger partial charge on any atom is -0.258 e. The van der Waals surface area contributed by atoms with Crippen molar-refractivity contribution in [2.45, 2.75) is 25.3 Å². The summed E-state index contributed by atoms with van der Waals surface area (Å²) in [5.74, 6) is 0.216. The molecule has 0 unspecified atom stereocenters. The maximum atomic E-state index is 11.1. The average molecular weight is 478 g/mol. The van der Waals surface area contributed by atoms with E-state index in [-0.39, 0.29) is 22.6 Å². The summed E-state index contributed by atoms with van der Waals surface area (Å²) < 4.78 is 0. The molecule has 33 heavy (non-hydrogen) atoms. The third-order valence-electron chi connectivity index (χ3n) is 6.25. The number of halogens is 2. The Hall–Kier alpha value is -3.15. The highest BCUT2D eigenvalue weighted by molar-refractivity contribution is 6.30. The zero-order valence-electron chi connectivity index (χ0n) is 17.7. The Bertz CT molecular complexity index is 1240. The second-order valence-corrected chi connectivity index (χ2v) is 9.19. The van der Waals surface area contributed by atoms with Crippen molar-refractivity contribution in [3.63, 3.8) is 0 Å². The first kappa shape index (κ1) is 21.7. The molecule has 7 heteroatoms. The van der Waals surface area contributed by atoms with Gasteiger partial charge in [0.2, 0.25) is 0 Å². The zero-order chi connectivity index (χ0) is 22.9. The molecule has 1 fully saturated rings. The molecule has 1 aliphatic carbocycles. The molecule has 166 valence electrons. The molecule has 0 bridgehead atoms. The van der Waals surface area contributed by atoms with E-state index < -0.39 is 0 Å². The fourth-order valence-corrected chi connectivity index (χ4v) is 4.95. The molecule has 0 saturated heterocycles. The van der Waals surface area contributed by atoms with E-state index in [0.717, 1.165) is 41.8 Å². The van der Waals surface area contributed by atoms with Gasteiger partial charge in [-0.3, -0.25) is 15.1 Å². The van der Waals surface area contributed by atoms with E-state index in [1.54, 1.807) is 12.1 Å². The van der Waals surface area contributed by atoms with Gasteiger partial charge in [0.25, 0.3) is 5.69 Å². The van der Waals surface area contributed by atoms with Crippen LogP contribution in [0.2, 0.25) is 10.0 Å². The maximum Gasteiger partial charge on any atom is 0.269 e. The van der Waals surface area contributed by atoms with Gasteiger partial charge in [-0.2, -0.15) is 5.10 Å². The van der Waals surface area contributed by atoms with Crippen LogP contribution >= 0.6 is 23.2 Å². The van der Waals surface area contributed by atoms with Gasteiger partial charge in [-0.1, -0.05) is 47.5 Å². The van der Waals surface area contributed by atoms with Crippen LogP contribution in [0.4, 0.5) is 11.4 Å².